The van der Waals surface area contributed by atoms with Gasteiger partial charge in [-0.1, -0.05) is 13.8 Å². The van der Waals surface area contributed by atoms with Crippen molar-refractivity contribution in [1.29, 1.82) is 0 Å². The lowest BCUT2D eigenvalue weighted by Gasteiger charge is -2.29. The van der Waals surface area contributed by atoms with Crippen LogP contribution in [0.2, 0.25) is 0 Å². The number of rotatable bonds is 9. The maximum atomic E-state index is 11.5. The zero-order valence-corrected chi connectivity index (χ0v) is 11.2. The van der Waals surface area contributed by atoms with Crippen molar-refractivity contribution in [3.05, 3.63) is 18.5 Å². The first-order valence-electron chi connectivity index (χ1n) is 6.60. The van der Waals surface area contributed by atoms with Crippen molar-refractivity contribution < 1.29 is 9.90 Å². The van der Waals surface area contributed by atoms with Gasteiger partial charge in [-0.2, -0.15) is 5.10 Å². The molecule has 1 aromatic heterocycles. The van der Waals surface area contributed by atoms with Gasteiger partial charge in [0.25, 0.3) is 0 Å². The number of hydrogen-bond acceptors (Lipinski definition) is 3. The minimum absolute atomic E-state index is 0.599. The molecule has 18 heavy (non-hydrogen) atoms. The van der Waals surface area contributed by atoms with E-state index in [0.29, 0.717) is 12.8 Å². The molecule has 1 rings (SSSR count). The molecule has 0 saturated carbocycles. The predicted molar refractivity (Wildman–Crippen MR) is 70.4 cm³/mol. The molecule has 1 aromatic rings. The van der Waals surface area contributed by atoms with E-state index >= 15 is 0 Å². The van der Waals surface area contributed by atoms with E-state index in [1.807, 2.05) is 30.8 Å². The number of nitrogens with zero attached hydrogens (tertiary/aromatic N) is 2. The number of aromatic nitrogens is 2. The third-order valence-electron chi connectivity index (χ3n) is 3.28. The SMILES string of the molecule is CCCNC(CC)(CCCn1cccn1)C(=O)O. The van der Waals surface area contributed by atoms with Crippen LogP contribution in [0.4, 0.5) is 0 Å². The van der Waals surface area contributed by atoms with Crippen LogP contribution < -0.4 is 5.32 Å². The van der Waals surface area contributed by atoms with Crippen LogP contribution in [0.15, 0.2) is 18.5 Å². The van der Waals surface area contributed by atoms with E-state index in [1.165, 1.54) is 0 Å². The quantitative estimate of drug-likeness (QED) is 0.705. The Hall–Kier alpha value is -1.36. The van der Waals surface area contributed by atoms with Crippen LogP contribution in [0.1, 0.15) is 39.5 Å². The summed E-state index contributed by atoms with van der Waals surface area (Å²) in [6.45, 7) is 5.46. The van der Waals surface area contributed by atoms with Gasteiger partial charge in [-0.15, -0.1) is 0 Å². The second kappa shape index (κ2) is 7.16. The number of carboxylic acids is 1. The van der Waals surface area contributed by atoms with E-state index in [-0.39, 0.29) is 0 Å². The van der Waals surface area contributed by atoms with Crippen molar-refractivity contribution in [2.45, 2.75) is 51.6 Å². The van der Waals surface area contributed by atoms with Gasteiger partial charge in [-0.05, 0) is 38.3 Å². The number of aryl methyl sites for hydroxylation is 1. The minimum Gasteiger partial charge on any atom is -0.480 e. The summed E-state index contributed by atoms with van der Waals surface area (Å²) in [6, 6.07) is 1.87. The summed E-state index contributed by atoms with van der Waals surface area (Å²) in [5.41, 5.74) is -0.789. The summed E-state index contributed by atoms with van der Waals surface area (Å²) < 4.78 is 1.84. The molecule has 0 aliphatic carbocycles. The molecule has 102 valence electrons. The van der Waals surface area contributed by atoms with Crippen molar-refractivity contribution >= 4 is 5.97 Å². The number of carboxylic acid groups (broad SMARTS) is 1. The first-order chi connectivity index (χ1) is 8.64. The molecule has 0 aliphatic heterocycles. The van der Waals surface area contributed by atoms with E-state index in [1.54, 1.807) is 6.20 Å². The van der Waals surface area contributed by atoms with Gasteiger partial charge in [0, 0.05) is 18.9 Å². The third kappa shape index (κ3) is 3.84. The second-order valence-electron chi connectivity index (χ2n) is 4.54. The molecule has 5 heteroatoms. The normalized spacial score (nSPS) is 14.3. The summed E-state index contributed by atoms with van der Waals surface area (Å²) in [5, 5.41) is 16.7. The highest BCUT2D eigenvalue weighted by atomic mass is 16.4. The highest BCUT2D eigenvalue weighted by Crippen LogP contribution is 2.18. The van der Waals surface area contributed by atoms with E-state index in [0.717, 1.165) is 25.9 Å². The fourth-order valence-electron chi connectivity index (χ4n) is 2.06. The molecular formula is C13H23N3O2. The Balaban J connectivity index is 2.52. The van der Waals surface area contributed by atoms with Crippen molar-refractivity contribution in [3.8, 4) is 0 Å². The van der Waals surface area contributed by atoms with Crippen LogP contribution in [0.5, 0.6) is 0 Å². The van der Waals surface area contributed by atoms with Crippen LogP contribution in [0, 0.1) is 0 Å². The predicted octanol–water partition coefficient (Wildman–Crippen LogP) is 1.90. The minimum atomic E-state index is -0.789. The smallest absolute Gasteiger partial charge is 0.323 e. The Bertz CT molecular complexity index is 351. The zero-order chi connectivity index (χ0) is 13.4. The molecule has 0 saturated heterocycles. The molecule has 1 atom stereocenters. The topological polar surface area (TPSA) is 67.2 Å². The maximum Gasteiger partial charge on any atom is 0.323 e. The monoisotopic (exact) mass is 253 g/mol. The van der Waals surface area contributed by atoms with E-state index in [4.69, 9.17) is 0 Å². The fourth-order valence-corrected chi connectivity index (χ4v) is 2.06. The lowest BCUT2D eigenvalue weighted by molar-refractivity contribution is -0.145. The third-order valence-corrected chi connectivity index (χ3v) is 3.28. The van der Waals surface area contributed by atoms with Crippen LogP contribution in [0.3, 0.4) is 0 Å². The summed E-state index contributed by atoms with van der Waals surface area (Å²) in [4.78, 5) is 11.5. The average Bonchev–Trinajstić information content (AvgIpc) is 2.86. The zero-order valence-electron chi connectivity index (χ0n) is 11.2. The summed E-state index contributed by atoms with van der Waals surface area (Å²) >= 11 is 0. The van der Waals surface area contributed by atoms with Crippen LogP contribution in [-0.4, -0.2) is 32.9 Å². The molecule has 0 spiro atoms. The molecule has 0 fully saturated rings. The van der Waals surface area contributed by atoms with Crippen LogP contribution in [-0.2, 0) is 11.3 Å². The molecule has 1 unspecified atom stereocenters. The van der Waals surface area contributed by atoms with E-state index in [2.05, 4.69) is 10.4 Å². The lowest BCUT2D eigenvalue weighted by atomic mass is 9.90. The fraction of sp³-hybridized carbons (Fsp3) is 0.692. The summed E-state index contributed by atoms with van der Waals surface area (Å²) in [7, 11) is 0. The van der Waals surface area contributed by atoms with Gasteiger partial charge >= 0.3 is 5.97 Å². The molecule has 0 aromatic carbocycles. The molecule has 0 aliphatic rings. The van der Waals surface area contributed by atoms with Gasteiger partial charge in [-0.3, -0.25) is 9.48 Å². The second-order valence-corrected chi connectivity index (χ2v) is 4.54. The van der Waals surface area contributed by atoms with Gasteiger partial charge in [0.2, 0.25) is 0 Å². The van der Waals surface area contributed by atoms with Gasteiger partial charge in [0.05, 0.1) is 0 Å². The number of aliphatic carboxylic acids is 1. The highest BCUT2D eigenvalue weighted by molar-refractivity contribution is 5.78. The molecule has 5 nitrogen and oxygen atoms in total. The summed E-state index contributed by atoms with van der Waals surface area (Å²) in [5.74, 6) is -0.751. The van der Waals surface area contributed by atoms with Crippen LogP contribution >= 0.6 is 0 Å². The van der Waals surface area contributed by atoms with Crippen molar-refractivity contribution in [2.24, 2.45) is 0 Å². The number of carbonyl (C=O) groups is 1. The molecule has 0 bridgehead atoms. The first kappa shape index (κ1) is 14.7. The van der Waals surface area contributed by atoms with Crippen molar-refractivity contribution in [2.75, 3.05) is 6.54 Å². The highest BCUT2D eigenvalue weighted by Gasteiger charge is 2.35. The van der Waals surface area contributed by atoms with Crippen molar-refractivity contribution in [1.82, 2.24) is 15.1 Å². The lowest BCUT2D eigenvalue weighted by Crippen LogP contribution is -2.52. The Morgan fingerprint density at radius 2 is 2.28 bits per heavy atom. The molecule has 2 N–H and O–H groups in total. The Kier molecular flexibility index (Phi) is 5.85. The standard InChI is InChI=1S/C13H23N3O2/c1-3-8-14-13(4-2,12(17)18)7-5-10-16-11-6-9-15-16/h6,9,11,14H,3-5,7-8,10H2,1-2H3,(H,17,18). The van der Waals surface area contributed by atoms with Gasteiger partial charge < -0.3 is 10.4 Å². The van der Waals surface area contributed by atoms with Crippen molar-refractivity contribution in [3.63, 3.8) is 0 Å². The van der Waals surface area contributed by atoms with Crippen LogP contribution in [0.25, 0.3) is 0 Å². The Morgan fingerprint density at radius 3 is 2.78 bits per heavy atom. The number of nitrogens with one attached hydrogen (secondary N) is 1. The summed E-state index contributed by atoms with van der Waals surface area (Å²) in [6.07, 6.45) is 6.60. The number of hydrogen-bond donors (Lipinski definition) is 2. The largest absolute Gasteiger partial charge is 0.480 e. The first-order valence-corrected chi connectivity index (χ1v) is 6.60. The Labute approximate surface area is 108 Å². The van der Waals surface area contributed by atoms with E-state index < -0.39 is 11.5 Å². The molecule has 0 radical (unpaired) electrons. The van der Waals surface area contributed by atoms with Gasteiger partial charge in [0.15, 0.2) is 0 Å². The van der Waals surface area contributed by atoms with E-state index in [9.17, 15) is 9.90 Å². The molecule has 1 heterocycles. The maximum absolute atomic E-state index is 11.5. The van der Waals surface area contributed by atoms with Gasteiger partial charge in [-0.25, -0.2) is 0 Å². The molecule has 0 amide bonds. The van der Waals surface area contributed by atoms with Gasteiger partial charge in [0.1, 0.15) is 5.54 Å². The molecular weight excluding hydrogens is 230 g/mol. The Morgan fingerprint density at radius 1 is 1.50 bits per heavy atom. The average molecular weight is 253 g/mol.